The van der Waals surface area contributed by atoms with Crippen LogP contribution in [-0.4, -0.2) is 41.6 Å². The Morgan fingerprint density at radius 1 is 1.00 bits per heavy atom. The molecule has 0 aliphatic carbocycles. The number of carbonyl (C=O) groups excluding carboxylic acids is 2. The molecule has 1 saturated heterocycles. The molecule has 142 valence electrons. The number of rotatable bonds is 5. The van der Waals surface area contributed by atoms with Crippen LogP contribution in [0.25, 0.3) is 0 Å². The van der Waals surface area contributed by atoms with Crippen LogP contribution >= 0.6 is 0 Å². The monoisotopic (exact) mass is 367 g/mol. The second-order valence-corrected chi connectivity index (χ2v) is 6.76. The molecule has 0 bridgehead atoms. The van der Waals surface area contributed by atoms with Gasteiger partial charge in [-0.2, -0.15) is 0 Å². The first-order valence-electron chi connectivity index (χ1n) is 9.36. The molecule has 2 aromatic rings. The van der Waals surface area contributed by atoms with Crippen LogP contribution in [0.2, 0.25) is 0 Å². The van der Waals surface area contributed by atoms with E-state index in [1.54, 1.807) is 36.1 Å². The van der Waals surface area contributed by atoms with Crippen molar-refractivity contribution >= 4 is 11.9 Å². The molecular formula is C22H25NO4. The van der Waals surface area contributed by atoms with Crippen molar-refractivity contribution in [3.8, 4) is 0 Å². The third kappa shape index (κ3) is 3.88. The van der Waals surface area contributed by atoms with Crippen LogP contribution in [0.4, 0.5) is 0 Å². The second-order valence-electron chi connectivity index (χ2n) is 6.76. The van der Waals surface area contributed by atoms with E-state index in [0.29, 0.717) is 43.7 Å². The maximum Gasteiger partial charge on any atom is 0.309 e. The molecule has 5 nitrogen and oxygen atoms in total. The maximum atomic E-state index is 13.4. The smallest absolute Gasteiger partial charge is 0.309 e. The molecule has 0 aromatic heterocycles. The summed E-state index contributed by atoms with van der Waals surface area (Å²) in [6.07, 6.45) is 1.09. The fourth-order valence-corrected chi connectivity index (χ4v) is 3.58. The van der Waals surface area contributed by atoms with Crippen molar-refractivity contribution in [1.29, 1.82) is 0 Å². The lowest BCUT2D eigenvalue weighted by Gasteiger charge is -2.37. The van der Waals surface area contributed by atoms with E-state index in [1.807, 2.05) is 36.4 Å². The van der Waals surface area contributed by atoms with E-state index in [1.165, 1.54) is 0 Å². The molecule has 5 heteroatoms. The Balaban J connectivity index is 1.84. The zero-order chi connectivity index (χ0) is 19.3. The van der Waals surface area contributed by atoms with Gasteiger partial charge >= 0.3 is 5.97 Å². The summed E-state index contributed by atoms with van der Waals surface area (Å²) in [4.78, 5) is 27.0. The van der Waals surface area contributed by atoms with Gasteiger partial charge in [0.15, 0.2) is 5.60 Å². The van der Waals surface area contributed by atoms with Gasteiger partial charge in [-0.3, -0.25) is 9.59 Å². The summed E-state index contributed by atoms with van der Waals surface area (Å²) in [5.74, 6) is -0.747. The molecule has 1 fully saturated rings. The van der Waals surface area contributed by atoms with Crippen molar-refractivity contribution in [3.63, 3.8) is 0 Å². The minimum absolute atomic E-state index is 0.185. The molecule has 27 heavy (non-hydrogen) atoms. The van der Waals surface area contributed by atoms with Crippen LogP contribution in [-0.2, 0) is 19.9 Å². The van der Waals surface area contributed by atoms with Crippen LogP contribution in [0.3, 0.4) is 0 Å². The summed E-state index contributed by atoms with van der Waals surface area (Å²) >= 11 is 0. The number of hydrogen-bond acceptors (Lipinski definition) is 4. The first-order valence-corrected chi connectivity index (χ1v) is 9.36. The average molecular weight is 367 g/mol. The minimum Gasteiger partial charge on any atom is -0.466 e. The lowest BCUT2D eigenvalue weighted by molar-refractivity contribution is -0.155. The first kappa shape index (κ1) is 19.1. The molecule has 1 aliphatic heterocycles. The molecule has 2 aromatic carbocycles. The van der Waals surface area contributed by atoms with E-state index in [2.05, 4.69) is 0 Å². The van der Waals surface area contributed by atoms with Gasteiger partial charge in [0.2, 0.25) is 0 Å². The molecule has 1 heterocycles. The lowest BCUT2D eigenvalue weighted by Crippen LogP contribution is -2.51. The minimum atomic E-state index is -1.75. The first-order chi connectivity index (χ1) is 13.1. The van der Waals surface area contributed by atoms with Gasteiger partial charge in [0.05, 0.1) is 12.5 Å². The maximum absolute atomic E-state index is 13.4. The highest BCUT2D eigenvalue weighted by molar-refractivity contribution is 5.90. The Bertz CT molecular complexity index is 728. The molecule has 0 radical (unpaired) electrons. The normalized spacial score (nSPS) is 15.4. The van der Waals surface area contributed by atoms with Crippen molar-refractivity contribution in [2.75, 3.05) is 19.7 Å². The molecule has 1 aliphatic rings. The molecule has 0 unspecified atom stereocenters. The van der Waals surface area contributed by atoms with E-state index >= 15 is 0 Å². The van der Waals surface area contributed by atoms with Crippen LogP contribution < -0.4 is 0 Å². The van der Waals surface area contributed by atoms with Gasteiger partial charge in [-0.05, 0) is 30.9 Å². The van der Waals surface area contributed by atoms with Crippen LogP contribution in [0, 0.1) is 5.92 Å². The van der Waals surface area contributed by atoms with Crippen molar-refractivity contribution in [2.24, 2.45) is 5.92 Å². The fourth-order valence-electron chi connectivity index (χ4n) is 3.58. The molecule has 1 amide bonds. The number of likely N-dealkylation sites (tertiary alicyclic amines) is 1. The molecule has 0 spiro atoms. The van der Waals surface area contributed by atoms with Crippen molar-refractivity contribution in [1.82, 2.24) is 4.90 Å². The number of esters is 1. The van der Waals surface area contributed by atoms with Crippen molar-refractivity contribution in [3.05, 3.63) is 71.8 Å². The van der Waals surface area contributed by atoms with E-state index in [4.69, 9.17) is 4.74 Å². The summed E-state index contributed by atoms with van der Waals surface area (Å²) in [6.45, 7) is 2.99. The highest BCUT2D eigenvalue weighted by Crippen LogP contribution is 2.33. The summed E-state index contributed by atoms with van der Waals surface area (Å²) in [6, 6.07) is 18.0. The van der Waals surface area contributed by atoms with E-state index in [0.717, 1.165) is 0 Å². The Morgan fingerprint density at radius 2 is 1.48 bits per heavy atom. The highest BCUT2D eigenvalue weighted by atomic mass is 16.5. The lowest BCUT2D eigenvalue weighted by atomic mass is 9.84. The Labute approximate surface area is 159 Å². The topological polar surface area (TPSA) is 66.8 Å². The van der Waals surface area contributed by atoms with E-state index < -0.39 is 5.60 Å². The van der Waals surface area contributed by atoms with Crippen molar-refractivity contribution in [2.45, 2.75) is 25.4 Å². The number of ether oxygens (including phenoxy) is 1. The number of carbonyl (C=O) groups is 2. The Hall–Kier alpha value is -2.66. The summed E-state index contributed by atoms with van der Waals surface area (Å²) in [5, 5.41) is 11.6. The average Bonchev–Trinajstić information content (AvgIpc) is 2.74. The van der Waals surface area contributed by atoms with Gasteiger partial charge in [-0.15, -0.1) is 0 Å². The van der Waals surface area contributed by atoms with Crippen LogP contribution in [0.15, 0.2) is 60.7 Å². The Kier molecular flexibility index (Phi) is 5.91. The fraction of sp³-hybridized carbons (Fsp3) is 0.364. The predicted octanol–water partition coefficient (Wildman–Crippen LogP) is 2.72. The van der Waals surface area contributed by atoms with Gasteiger partial charge in [-0.1, -0.05) is 60.7 Å². The molecule has 0 atom stereocenters. The number of benzene rings is 2. The van der Waals surface area contributed by atoms with Gasteiger partial charge in [0, 0.05) is 13.1 Å². The van der Waals surface area contributed by atoms with Crippen LogP contribution in [0.1, 0.15) is 30.9 Å². The zero-order valence-corrected chi connectivity index (χ0v) is 15.5. The zero-order valence-electron chi connectivity index (χ0n) is 15.5. The molecule has 3 rings (SSSR count). The number of nitrogens with zero attached hydrogens (tertiary/aromatic N) is 1. The summed E-state index contributed by atoms with van der Waals surface area (Å²) < 4.78 is 5.09. The summed E-state index contributed by atoms with van der Waals surface area (Å²) in [5.41, 5.74) is -0.679. The van der Waals surface area contributed by atoms with Crippen molar-refractivity contribution < 1.29 is 19.4 Å². The number of amides is 1. The third-order valence-corrected chi connectivity index (χ3v) is 5.09. The van der Waals surface area contributed by atoms with Gasteiger partial charge in [0.25, 0.3) is 5.91 Å². The van der Waals surface area contributed by atoms with E-state index in [9.17, 15) is 14.7 Å². The largest absolute Gasteiger partial charge is 0.466 e. The molecular weight excluding hydrogens is 342 g/mol. The third-order valence-electron chi connectivity index (χ3n) is 5.09. The number of piperidine rings is 1. The second kappa shape index (κ2) is 8.35. The predicted molar refractivity (Wildman–Crippen MR) is 102 cm³/mol. The van der Waals surface area contributed by atoms with E-state index in [-0.39, 0.29) is 17.8 Å². The van der Waals surface area contributed by atoms with Gasteiger partial charge in [0.1, 0.15) is 0 Å². The Morgan fingerprint density at radius 3 is 1.93 bits per heavy atom. The standard InChI is InChI=1S/C22H25NO4/c1-2-27-20(24)17-13-15-23(16-14-17)21(25)22(26,18-9-5-3-6-10-18)19-11-7-4-8-12-19/h3-12,17,26H,2,13-16H2,1H3. The number of aliphatic hydroxyl groups is 1. The molecule has 0 saturated carbocycles. The van der Waals surface area contributed by atoms with Crippen LogP contribution in [0.5, 0.6) is 0 Å². The highest BCUT2D eigenvalue weighted by Gasteiger charge is 2.43. The number of hydrogen-bond donors (Lipinski definition) is 1. The molecule has 1 N–H and O–H groups in total. The SMILES string of the molecule is CCOC(=O)C1CCN(C(=O)C(O)(c2ccccc2)c2ccccc2)CC1. The summed E-state index contributed by atoms with van der Waals surface area (Å²) in [7, 11) is 0. The van der Waals surface area contributed by atoms with Gasteiger partial charge in [-0.25, -0.2) is 0 Å². The quantitative estimate of drug-likeness (QED) is 0.825. The van der Waals surface area contributed by atoms with Gasteiger partial charge < -0.3 is 14.7 Å².